The van der Waals surface area contributed by atoms with Gasteiger partial charge in [0.1, 0.15) is 5.78 Å². The summed E-state index contributed by atoms with van der Waals surface area (Å²) in [4.78, 5) is 14.4. The second kappa shape index (κ2) is 6.36. The van der Waals surface area contributed by atoms with Crippen molar-refractivity contribution in [1.29, 1.82) is 0 Å². The SMILES string of the molecule is CC(=O)C1(C=Cc2ccccc2)CCC(N(C)C)CC1. The largest absolute Gasteiger partial charge is 0.306 e. The van der Waals surface area contributed by atoms with Gasteiger partial charge in [0, 0.05) is 11.5 Å². The molecule has 0 bridgehead atoms. The monoisotopic (exact) mass is 271 g/mol. The van der Waals surface area contributed by atoms with E-state index in [9.17, 15) is 4.79 Å². The highest BCUT2D eigenvalue weighted by atomic mass is 16.1. The van der Waals surface area contributed by atoms with Crippen molar-refractivity contribution in [2.45, 2.75) is 38.6 Å². The predicted molar refractivity (Wildman–Crippen MR) is 84.5 cm³/mol. The van der Waals surface area contributed by atoms with Crippen LogP contribution in [0, 0.1) is 5.41 Å². The molecule has 0 saturated heterocycles. The molecule has 1 aliphatic rings. The lowest BCUT2D eigenvalue weighted by Gasteiger charge is -2.38. The quantitative estimate of drug-likeness (QED) is 0.830. The third-order valence-electron chi connectivity index (χ3n) is 4.67. The van der Waals surface area contributed by atoms with Gasteiger partial charge in [0.25, 0.3) is 0 Å². The van der Waals surface area contributed by atoms with E-state index in [0.717, 1.165) is 25.7 Å². The van der Waals surface area contributed by atoms with Gasteiger partial charge in [0.2, 0.25) is 0 Å². The topological polar surface area (TPSA) is 20.3 Å². The van der Waals surface area contributed by atoms with E-state index in [0.29, 0.717) is 11.8 Å². The predicted octanol–water partition coefficient (Wildman–Crippen LogP) is 3.78. The van der Waals surface area contributed by atoms with E-state index in [1.165, 1.54) is 5.56 Å². The molecular formula is C18H25NO. The lowest BCUT2D eigenvalue weighted by atomic mass is 9.69. The molecule has 1 aliphatic carbocycles. The van der Waals surface area contributed by atoms with Crippen molar-refractivity contribution in [2.75, 3.05) is 14.1 Å². The molecule has 0 unspecified atom stereocenters. The Balaban J connectivity index is 2.12. The number of carbonyl (C=O) groups is 1. The van der Waals surface area contributed by atoms with Gasteiger partial charge in [0.15, 0.2) is 0 Å². The second-order valence-corrected chi connectivity index (χ2v) is 6.15. The number of hydrogen-bond acceptors (Lipinski definition) is 2. The highest BCUT2D eigenvalue weighted by Crippen LogP contribution is 2.40. The Labute approximate surface area is 122 Å². The van der Waals surface area contributed by atoms with Crippen LogP contribution in [0.3, 0.4) is 0 Å². The van der Waals surface area contributed by atoms with Crippen LogP contribution < -0.4 is 0 Å². The van der Waals surface area contributed by atoms with Crippen molar-refractivity contribution < 1.29 is 4.79 Å². The van der Waals surface area contributed by atoms with E-state index >= 15 is 0 Å². The van der Waals surface area contributed by atoms with Gasteiger partial charge in [-0.2, -0.15) is 0 Å². The third kappa shape index (κ3) is 3.37. The number of ketones is 1. The van der Waals surface area contributed by atoms with Crippen LogP contribution in [0.2, 0.25) is 0 Å². The van der Waals surface area contributed by atoms with E-state index in [1.807, 2.05) is 18.2 Å². The molecule has 108 valence electrons. The number of rotatable bonds is 4. The molecule has 1 aromatic carbocycles. The third-order valence-corrected chi connectivity index (χ3v) is 4.67. The van der Waals surface area contributed by atoms with E-state index in [1.54, 1.807) is 6.92 Å². The number of nitrogens with zero attached hydrogens (tertiary/aromatic N) is 1. The van der Waals surface area contributed by atoms with Crippen LogP contribution in [0.4, 0.5) is 0 Å². The highest BCUT2D eigenvalue weighted by molar-refractivity contribution is 5.85. The van der Waals surface area contributed by atoms with Gasteiger partial charge in [-0.15, -0.1) is 0 Å². The van der Waals surface area contributed by atoms with Crippen LogP contribution in [0.1, 0.15) is 38.2 Å². The minimum atomic E-state index is -0.248. The summed E-state index contributed by atoms with van der Waals surface area (Å²) in [7, 11) is 4.26. The van der Waals surface area contributed by atoms with E-state index in [2.05, 4.69) is 43.3 Å². The number of benzene rings is 1. The van der Waals surface area contributed by atoms with Gasteiger partial charge in [-0.05, 0) is 52.3 Å². The molecule has 2 heteroatoms. The van der Waals surface area contributed by atoms with Crippen molar-refractivity contribution in [3.63, 3.8) is 0 Å². The van der Waals surface area contributed by atoms with Crippen LogP contribution in [0.15, 0.2) is 36.4 Å². The summed E-state index contributed by atoms with van der Waals surface area (Å²) in [6.45, 7) is 1.74. The Morgan fingerprint density at radius 1 is 1.20 bits per heavy atom. The molecule has 0 aliphatic heterocycles. The van der Waals surface area contributed by atoms with Crippen LogP contribution in [-0.2, 0) is 4.79 Å². The Morgan fingerprint density at radius 2 is 1.80 bits per heavy atom. The molecule has 0 spiro atoms. The molecule has 2 rings (SSSR count). The van der Waals surface area contributed by atoms with Crippen molar-refractivity contribution in [2.24, 2.45) is 5.41 Å². The first-order chi connectivity index (χ1) is 9.53. The zero-order valence-corrected chi connectivity index (χ0v) is 12.8. The van der Waals surface area contributed by atoms with Gasteiger partial charge in [-0.3, -0.25) is 4.79 Å². The molecule has 0 heterocycles. The van der Waals surface area contributed by atoms with Crippen LogP contribution in [-0.4, -0.2) is 30.8 Å². The van der Waals surface area contributed by atoms with E-state index in [4.69, 9.17) is 0 Å². The molecule has 20 heavy (non-hydrogen) atoms. The Kier molecular flexibility index (Phi) is 4.77. The molecule has 0 N–H and O–H groups in total. The minimum Gasteiger partial charge on any atom is -0.306 e. The normalized spacial score (nSPS) is 27.1. The van der Waals surface area contributed by atoms with Crippen molar-refractivity contribution in [1.82, 2.24) is 4.90 Å². The van der Waals surface area contributed by atoms with Crippen molar-refractivity contribution in [3.05, 3.63) is 42.0 Å². The van der Waals surface area contributed by atoms with Gasteiger partial charge in [0.05, 0.1) is 0 Å². The maximum atomic E-state index is 12.2. The zero-order valence-electron chi connectivity index (χ0n) is 12.8. The van der Waals surface area contributed by atoms with Gasteiger partial charge < -0.3 is 4.90 Å². The van der Waals surface area contributed by atoms with E-state index < -0.39 is 0 Å². The lowest BCUT2D eigenvalue weighted by molar-refractivity contribution is -0.126. The molecule has 0 atom stereocenters. The molecule has 0 aromatic heterocycles. The Bertz CT molecular complexity index is 467. The standard InChI is InChI=1S/C18H25NO/c1-15(20)18(12-9-16-7-5-4-6-8-16)13-10-17(11-14-18)19(2)3/h4-9,12,17H,10-11,13-14H2,1-3H3. The molecule has 0 radical (unpaired) electrons. The summed E-state index contributed by atoms with van der Waals surface area (Å²) < 4.78 is 0. The summed E-state index contributed by atoms with van der Waals surface area (Å²) in [5.41, 5.74) is 0.922. The van der Waals surface area contributed by atoms with Crippen molar-refractivity contribution in [3.8, 4) is 0 Å². The zero-order chi connectivity index (χ0) is 14.6. The number of Topliss-reactive ketones (excluding diaryl/α,β-unsaturated/α-hetero) is 1. The average molecular weight is 271 g/mol. The molecule has 0 amide bonds. The molecule has 1 saturated carbocycles. The minimum absolute atomic E-state index is 0.248. The first-order valence-corrected chi connectivity index (χ1v) is 7.45. The van der Waals surface area contributed by atoms with Crippen LogP contribution in [0.5, 0.6) is 0 Å². The second-order valence-electron chi connectivity index (χ2n) is 6.15. The number of hydrogen-bond donors (Lipinski definition) is 0. The maximum Gasteiger partial charge on any atom is 0.139 e. The Hall–Kier alpha value is -1.41. The van der Waals surface area contributed by atoms with E-state index in [-0.39, 0.29) is 5.41 Å². The first kappa shape index (κ1) is 15.0. The van der Waals surface area contributed by atoms with Crippen LogP contribution >= 0.6 is 0 Å². The highest BCUT2D eigenvalue weighted by Gasteiger charge is 2.37. The van der Waals surface area contributed by atoms with Crippen LogP contribution in [0.25, 0.3) is 6.08 Å². The van der Waals surface area contributed by atoms with Gasteiger partial charge >= 0.3 is 0 Å². The summed E-state index contributed by atoms with van der Waals surface area (Å²) in [5, 5.41) is 0. The van der Waals surface area contributed by atoms with Crippen molar-refractivity contribution >= 4 is 11.9 Å². The fraction of sp³-hybridized carbons (Fsp3) is 0.500. The summed E-state index contributed by atoms with van der Waals surface area (Å²) in [5.74, 6) is 0.307. The maximum absolute atomic E-state index is 12.2. The molecule has 1 fully saturated rings. The first-order valence-electron chi connectivity index (χ1n) is 7.45. The molecule has 2 nitrogen and oxygen atoms in total. The molecular weight excluding hydrogens is 246 g/mol. The summed E-state index contributed by atoms with van der Waals surface area (Å²) >= 11 is 0. The fourth-order valence-corrected chi connectivity index (χ4v) is 3.09. The Morgan fingerprint density at radius 3 is 2.30 bits per heavy atom. The lowest BCUT2D eigenvalue weighted by Crippen LogP contribution is -2.39. The smallest absolute Gasteiger partial charge is 0.139 e. The van der Waals surface area contributed by atoms with Gasteiger partial charge in [-0.25, -0.2) is 0 Å². The number of carbonyl (C=O) groups excluding carboxylic acids is 1. The average Bonchev–Trinajstić information content (AvgIpc) is 2.46. The molecule has 1 aromatic rings. The fourth-order valence-electron chi connectivity index (χ4n) is 3.09. The van der Waals surface area contributed by atoms with Gasteiger partial charge in [-0.1, -0.05) is 42.5 Å². The number of allylic oxidation sites excluding steroid dienone is 1. The summed E-state index contributed by atoms with van der Waals surface area (Å²) in [6, 6.07) is 10.9. The summed E-state index contributed by atoms with van der Waals surface area (Å²) in [6.07, 6.45) is 8.40.